The third-order valence-corrected chi connectivity index (χ3v) is 3.81. The van der Waals surface area contributed by atoms with E-state index < -0.39 is 11.3 Å². The molecule has 0 saturated carbocycles. The van der Waals surface area contributed by atoms with Crippen LogP contribution >= 0.6 is 11.6 Å². The molecule has 1 amide bonds. The normalized spacial score (nSPS) is 11.8. The Labute approximate surface area is 136 Å². The molecule has 0 aliphatic heterocycles. The molecule has 0 fully saturated rings. The summed E-state index contributed by atoms with van der Waals surface area (Å²) >= 11 is 3.48. The van der Waals surface area contributed by atoms with Gasteiger partial charge in [0.25, 0.3) is 0 Å². The number of nitrogens with one attached hydrogen (secondary N) is 1. The number of amides is 1. The standard InChI is InChI=1S/C15H15ClN2O3S/c1-11(19)17-14-5-7-15(8-6-14)18(22(20)21)10-12-3-2-4-13(16)9-12/h2-9H,10H2,1H3,(H,17,19)(H,20,21)/p-1. The SMILES string of the molecule is CC(=O)Nc1ccc(N(Cc2cccc(Cl)c2)S(=O)[O-])cc1. The largest absolute Gasteiger partial charge is 0.755 e. The number of rotatable bonds is 5. The molecule has 0 heterocycles. The molecule has 0 aliphatic rings. The Balaban J connectivity index is 2.21. The maximum absolute atomic E-state index is 11.5. The van der Waals surface area contributed by atoms with Gasteiger partial charge in [-0.3, -0.25) is 13.3 Å². The van der Waals surface area contributed by atoms with E-state index in [1.54, 1.807) is 48.5 Å². The number of hydrogen-bond acceptors (Lipinski definition) is 3. The van der Waals surface area contributed by atoms with E-state index in [1.165, 1.54) is 11.2 Å². The number of hydrogen-bond donors (Lipinski definition) is 1. The smallest absolute Gasteiger partial charge is 0.221 e. The van der Waals surface area contributed by atoms with Crippen LogP contribution in [-0.2, 0) is 22.6 Å². The molecular weight excluding hydrogens is 324 g/mol. The lowest BCUT2D eigenvalue weighted by Crippen LogP contribution is -2.24. The quantitative estimate of drug-likeness (QED) is 0.852. The minimum Gasteiger partial charge on any atom is -0.755 e. The Morgan fingerprint density at radius 2 is 1.95 bits per heavy atom. The van der Waals surface area contributed by atoms with E-state index in [9.17, 15) is 13.6 Å². The van der Waals surface area contributed by atoms with E-state index >= 15 is 0 Å². The second kappa shape index (κ2) is 7.40. The fourth-order valence-corrected chi connectivity index (χ4v) is 2.71. The van der Waals surface area contributed by atoms with Gasteiger partial charge in [0.15, 0.2) is 0 Å². The zero-order chi connectivity index (χ0) is 16.1. The van der Waals surface area contributed by atoms with Crippen LogP contribution in [0, 0.1) is 0 Å². The molecule has 7 heteroatoms. The van der Waals surface area contributed by atoms with E-state index in [-0.39, 0.29) is 12.5 Å². The highest BCUT2D eigenvalue weighted by molar-refractivity contribution is 7.80. The Bertz CT molecular complexity index is 691. The molecule has 2 aromatic carbocycles. The highest BCUT2D eigenvalue weighted by Gasteiger charge is 2.09. The molecule has 2 aromatic rings. The summed E-state index contributed by atoms with van der Waals surface area (Å²) in [5.41, 5.74) is 1.89. The van der Waals surface area contributed by atoms with Crippen molar-refractivity contribution >= 4 is 40.1 Å². The predicted molar refractivity (Wildman–Crippen MR) is 87.3 cm³/mol. The molecule has 0 bridgehead atoms. The molecule has 22 heavy (non-hydrogen) atoms. The van der Waals surface area contributed by atoms with E-state index in [1.807, 2.05) is 0 Å². The van der Waals surface area contributed by atoms with Crippen LogP contribution in [0.25, 0.3) is 0 Å². The molecule has 1 N–H and O–H groups in total. The summed E-state index contributed by atoms with van der Waals surface area (Å²) in [4.78, 5) is 11.0. The molecule has 2 rings (SSSR count). The van der Waals surface area contributed by atoms with Gasteiger partial charge in [0, 0.05) is 34.6 Å². The zero-order valence-electron chi connectivity index (χ0n) is 11.8. The molecule has 0 aromatic heterocycles. The number of benzene rings is 2. The van der Waals surface area contributed by atoms with Crippen LogP contribution in [0.1, 0.15) is 12.5 Å². The summed E-state index contributed by atoms with van der Waals surface area (Å²) in [5.74, 6) is -0.184. The van der Waals surface area contributed by atoms with Crippen molar-refractivity contribution in [3.8, 4) is 0 Å². The lowest BCUT2D eigenvalue weighted by molar-refractivity contribution is -0.114. The zero-order valence-corrected chi connectivity index (χ0v) is 13.4. The third kappa shape index (κ3) is 4.56. The Morgan fingerprint density at radius 3 is 2.50 bits per heavy atom. The van der Waals surface area contributed by atoms with Crippen molar-refractivity contribution in [1.29, 1.82) is 0 Å². The van der Waals surface area contributed by atoms with Crippen molar-refractivity contribution < 1.29 is 13.6 Å². The Morgan fingerprint density at radius 1 is 1.27 bits per heavy atom. The summed E-state index contributed by atoms with van der Waals surface area (Å²) < 4.78 is 24.2. The maximum Gasteiger partial charge on any atom is 0.221 e. The third-order valence-electron chi connectivity index (χ3n) is 2.87. The molecular formula is C15H14ClN2O3S-. The van der Waals surface area contributed by atoms with Crippen molar-refractivity contribution in [3.63, 3.8) is 0 Å². The van der Waals surface area contributed by atoms with Gasteiger partial charge in [-0.2, -0.15) is 0 Å². The molecule has 0 radical (unpaired) electrons. The number of carbonyl (C=O) groups is 1. The van der Waals surface area contributed by atoms with Crippen LogP contribution in [-0.4, -0.2) is 14.7 Å². The van der Waals surface area contributed by atoms with Crippen LogP contribution in [0.15, 0.2) is 48.5 Å². The summed E-state index contributed by atoms with van der Waals surface area (Å²) in [5, 5.41) is 3.18. The fraction of sp³-hybridized carbons (Fsp3) is 0.133. The fourth-order valence-electron chi connectivity index (χ4n) is 1.95. The van der Waals surface area contributed by atoms with Gasteiger partial charge in [-0.1, -0.05) is 23.7 Å². The van der Waals surface area contributed by atoms with Gasteiger partial charge >= 0.3 is 0 Å². The summed E-state index contributed by atoms with van der Waals surface area (Å²) in [6.07, 6.45) is 0. The Kier molecular flexibility index (Phi) is 5.54. The monoisotopic (exact) mass is 337 g/mol. The van der Waals surface area contributed by atoms with Crippen molar-refractivity contribution in [1.82, 2.24) is 0 Å². The van der Waals surface area contributed by atoms with Gasteiger partial charge in [0.05, 0.1) is 6.54 Å². The molecule has 0 saturated heterocycles. The van der Waals surface area contributed by atoms with E-state index in [2.05, 4.69) is 5.32 Å². The van der Waals surface area contributed by atoms with Crippen molar-refractivity contribution in [2.45, 2.75) is 13.5 Å². The number of carbonyl (C=O) groups excluding carboxylic acids is 1. The summed E-state index contributed by atoms with van der Waals surface area (Å²) in [6.45, 7) is 1.59. The minimum atomic E-state index is -2.43. The van der Waals surface area contributed by atoms with Crippen LogP contribution in [0.3, 0.4) is 0 Å². The first-order valence-corrected chi connectivity index (χ1v) is 7.85. The van der Waals surface area contributed by atoms with Crippen LogP contribution in [0.5, 0.6) is 0 Å². The average Bonchev–Trinajstić information content (AvgIpc) is 2.45. The van der Waals surface area contributed by atoms with Crippen molar-refractivity contribution in [2.75, 3.05) is 9.62 Å². The first kappa shape index (κ1) is 16.5. The second-order valence-electron chi connectivity index (χ2n) is 4.61. The first-order chi connectivity index (χ1) is 10.5. The van der Waals surface area contributed by atoms with Crippen molar-refractivity contribution in [3.05, 3.63) is 59.1 Å². The maximum atomic E-state index is 11.5. The molecule has 1 unspecified atom stereocenters. The number of anilines is 2. The molecule has 0 spiro atoms. The Hall–Kier alpha value is -1.89. The van der Waals surface area contributed by atoms with Gasteiger partial charge in [0.2, 0.25) is 5.91 Å². The molecule has 5 nitrogen and oxygen atoms in total. The topological polar surface area (TPSA) is 72.5 Å². The van der Waals surface area contributed by atoms with Gasteiger partial charge in [0.1, 0.15) is 0 Å². The van der Waals surface area contributed by atoms with Crippen LogP contribution in [0.2, 0.25) is 5.02 Å². The van der Waals surface area contributed by atoms with Gasteiger partial charge in [-0.15, -0.1) is 0 Å². The average molecular weight is 338 g/mol. The lowest BCUT2D eigenvalue weighted by Gasteiger charge is -2.26. The van der Waals surface area contributed by atoms with Gasteiger partial charge in [-0.25, -0.2) is 0 Å². The number of halogens is 1. The highest BCUT2D eigenvalue weighted by Crippen LogP contribution is 2.22. The second-order valence-corrected chi connectivity index (χ2v) is 5.92. The van der Waals surface area contributed by atoms with E-state index in [0.29, 0.717) is 16.4 Å². The predicted octanol–water partition coefficient (Wildman–Crippen LogP) is 3.10. The van der Waals surface area contributed by atoms with E-state index in [4.69, 9.17) is 11.6 Å². The summed E-state index contributed by atoms with van der Waals surface area (Å²) in [6, 6.07) is 13.6. The van der Waals surface area contributed by atoms with Crippen molar-refractivity contribution in [2.24, 2.45) is 0 Å². The first-order valence-electron chi connectivity index (χ1n) is 6.45. The summed E-state index contributed by atoms with van der Waals surface area (Å²) in [7, 11) is 0. The van der Waals surface area contributed by atoms with E-state index in [0.717, 1.165) is 5.56 Å². The lowest BCUT2D eigenvalue weighted by atomic mass is 10.2. The minimum absolute atomic E-state index is 0.177. The molecule has 0 aliphatic carbocycles. The van der Waals surface area contributed by atoms with Crippen LogP contribution in [0.4, 0.5) is 11.4 Å². The van der Waals surface area contributed by atoms with Gasteiger partial charge in [-0.05, 0) is 42.0 Å². The molecule has 1 atom stereocenters. The van der Waals surface area contributed by atoms with Gasteiger partial charge < -0.3 is 9.87 Å². The highest BCUT2D eigenvalue weighted by atomic mass is 35.5. The number of nitrogens with zero attached hydrogens (tertiary/aromatic N) is 1. The van der Waals surface area contributed by atoms with Crippen LogP contribution < -0.4 is 9.62 Å². The molecule has 116 valence electrons.